The fraction of sp³-hybridized carbons (Fsp3) is 0.0556. The van der Waals surface area contributed by atoms with Crippen LogP contribution in [0.3, 0.4) is 0 Å². The van der Waals surface area contributed by atoms with E-state index in [4.69, 9.17) is 4.42 Å². The predicted octanol–water partition coefficient (Wildman–Crippen LogP) is 19.3. The summed E-state index contributed by atoms with van der Waals surface area (Å²) in [5, 5.41) is 7.02. The van der Waals surface area contributed by atoms with Crippen molar-refractivity contribution in [2.45, 2.75) is 24.7 Å². The highest BCUT2D eigenvalue weighted by Gasteiger charge is 2.51. The molecule has 1 heterocycles. The number of hydrogen-bond acceptors (Lipinski definition) is 2. The van der Waals surface area contributed by atoms with Crippen molar-refractivity contribution in [3.05, 3.63) is 282 Å². The largest absolute Gasteiger partial charge is 0.456 e. The maximum atomic E-state index is 6.94. The molecule has 0 amide bonds. The number of hydrogen-bond donors (Lipinski definition) is 0. The first kappa shape index (κ1) is 41.4. The summed E-state index contributed by atoms with van der Waals surface area (Å²) in [7, 11) is 0. The van der Waals surface area contributed by atoms with Crippen molar-refractivity contribution >= 4 is 60.5 Å². The van der Waals surface area contributed by atoms with Gasteiger partial charge < -0.3 is 9.32 Å². The molecule has 0 radical (unpaired) electrons. The first-order valence-corrected chi connectivity index (χ1v) is 25.9. The Hall–Kier alpha value is -9.24. The van der Waals surface area contributed by atoms with E-state index in [0.29, 0.717) is 0 Å². The highest BCUT2D eigenvalue weighted by molar-refractivity contribution is 6.13. The molecule has 12 aromatic carbocycles. The lowest BCUT2D eigenvalue weighted by atomic mass is 9.70. The standard InChI is InChI=1S/C72H47NO/c1-71(2)62-26-11-7-21-53(62)57-36-34-49(40-66(57)71)73(50-35-37-58-56-24-10-14-29-65(56)72(67(58)41-50)63-27-12-8-22-54(63)55-23-9-13-28-64(55)72)68-42-61-60-38-47-17-3-4-18-48(47)39-69(60)74-70(61)43-59(68)46-32-30-45(31-33-46)52-25-15-19-44-16-5-6-20-51(44)52/h3-43H,1-2H3. The SMILES string of the molecule is CC1(C)c2ccccc2-c2ccc(N(c3ccc4c(c3)C3(c5ccccc5-c5ccccc53)c3ccccc3-4)c3cc4c(cc3-c3ccc(-c5cccc6ccccc56)cc3)oc3cc5ccccc5cc34)cc21. The molecule has 0 fully saturated rings. The second kappa shape index (κ2) is 15.1. The molecule has 346 valence electrons. The lowest BCUT2D eigenvalue weighted by Crippen LogP contribution is -2.26. The molecule has 0 N–H and O–H groups in total. The Balaban J connectivity index is 0.988. The van der Waals surface area contributed by atoms with E-state index in [9.17, 15) is 0 Å². The molecular weight excluding hydrogens is 895 g/mol. The van der Waals surface area contributed by atoms with E-state index in [-0.39, 0.29) is 5.41 Å². The molecule has 2 nitrogen and oxygen atoms in total. The third-order valence-electron chi connectivity index (χ3n) is 17.1. The number of anilines is 3. The Morgan fingerprint density at radius 1 is 0.297 bits per heavy atom. The highest BCUT2D eigenvalue weighted by Crippen LogP contribution is 2.64. The van der Waals surface area contributed by atoms with Gasteiger partial charge in [0, 0.05) is 33.1 Å². The van der Waals surface area contributed by atoms with Crippen LogP contribution in [0.5, 0.6) is 0 Å². The average molecular weight is 942 g/mol. The van der Waals surface area contributed by atoms with Crippen molar-refractivity contribution in [1.82, 2.24) is 0 Å². The summed E-state index contributed by atoms with van der Waals surface area (Å²) in [5.41, 5.74) is 24.7. The fourth-order valence-corrected chi connectivity index (χ4v) is 13.7. The summed E-state index contributed by atoms with van der Waals surface area (Å²) in [6.07, 6.45) is 0. The molecule has 13 aromatic rings. The Kier molecular flexibility index (Phi) is 8.47. The second-order valence-corrected chi connectivity index (χ2v) is 21.1. The minimum absolute atomic E-state index is 0.208. The topological polar surface area (TPSA) is 16.4 Å². The summed E-state index contributed by atoms with van der Waals surface area (Å²) < 4.78 is 6.94. The number of benzene rings is 12. The van der Waals surface area contributed by atoms with Crippen LogP contribution in [0.15, 0.2) is 253 Å². The zero-order valence-electron chi connectivity index (χ0n) is 41.0. The lowest BCUT2D eigenvalue weighted by Gasteiger charge is -2.33. The van der Waals surface area contributed by atoms with Crippen LogP contribution in [-0.4, -0.2) is 0 Å². The van der Waals surface area contributed by atoms with E-state index in [2.05, 4.69) is 267 Å². The maximum absolute atomic E-state index is 6.94. The summed E-state index contributed by atoms with van der Waals surface area (Å²) in [6.45, 7) is 4.77. The smallest absolute Gasteiger partial charge is 0.136 e. The molecule has 0 aliphatic heterocycles. The van der Waals surface area contributed by atoms with Gasteiger partial charge in [0.05, 0.1) is 11.1 Å². The minimum atomic E-state index is -0.506. The summed E-state index contributed by atoms with van der Waals surface area (Å²) in [5.74, 6) is 0. The molecule has 3 aliphatic carbocycles. The zero-order chi connectivity index (χ0) is 48.9. The van der Waals surface area contributed by atoms with Crippen LogP contribution in [0.1, 0.15) is 47.2 Å². The first-order valence-electron chi connectivity index (χ1n) is 25.9. The van der Waals surface area contributed by atoms with E-state index in [1.807, 2.05) is 0 Å². The van der Waals surface area contributed by atoms with E-state index in [1.165, 1.54) is 94.0 Å². The molecule has 0 atom stereocenters. The van der Waals surface area contributed by atoms with Gasteiger partial charge >= 0.3 is 0 Å². The zero-order valence-corrected chi connectivity index (χ0v) is 41.0. The summed E-state index contributed by atoms with van der Waals surface area (Å²) in [6, 6.07) is 93.1. The average Bonchev–Trinajstić information content (AvgIpc) is 4.16. The van der Waals surface area contributed by atoms with Crippen molar-refractivity contribution in [2.24, 2.45) is 0 Å². The molecule has 0 saturated carbocycles. The van der Waals surface area contributed by atoms with Crippen molar-refractivity contribution < 1.29 is 4.42 Å². The van der Waals surface area contributed by atoms with Crippen molar-refractivity contribution in [3.63, 3.8) is 0 Å². The summed E-state index contributed by atoms with van der Waals surface area (Å²) in [4.78, 5) is 2.55. The van der Waals surface area contributed by atoms with Crippen molar-refractivity contribution in [3.8, 4) is 55.6 Å². The molecule has 3 aliphatic rings. The molecule has 16 rings (SSSR count). The molecular formula is C72H47NO. The van der Waals surface area contributed by atoms with Crippen LogP contribution in [0.2, 0.25) is 0 Å². The minimum Gasteiger partial charge on any atom is -0.456 e. The Labute approximate surface area is 430 Å². The van der Waals surface area contributed by atoms with Gasteiger partial charge in [-0.25, -0.2) is 0 Å². The Morgan fingerprint density at radius 3 is 1.39 bits per heavy atom. The van der Waals surface area contributed by atoms with Gasteiger partial charge in [-0.1, -0.05) is 214 Å². The first-order chi connectivity index (χ1) is 36.4. The van der Waals surface area contributed by atoms with Crippen LogP contribution >= 0.6 is 0 Å². The third kappa shape index (κ3) is 5.60. The van der Waals surface area contributed by atoms with Crippen molar-refractivity contribution in [1.29, 1.82) is 0 Å². The number of nitrogens with zero attached hydrogens (tertiary/aromatic N) is 1. The molecule has 0 saturated heterocycles. The van der Waals surface area contributed by atoms with Gasteiger partial charge in [-0.2, -0.15) is 0 Å². The number of furan rings is 1. The molecule has 1 aromatic heterocycles. The van der Waals surface area contributed by atoms with E-state index >= 15 is 0 Å². The number of fused-ring (bicyclic) bond motifs is 18. The van der Waals surface area contributed by atoms with Gasteiger partial charge in [0.15, 0.2) is 0 Å². The molecule has 0 bridgehead atoms. The highest BCUT2D eigenvalue weighted by atomic mass is 16.3. The molecule has 1 spiro atoms. The lowest BCUT2D eigenvalue weighted by molar-refractivity contribution is 0.660. The van der Waals surface area contributed by atoms with Crippen LogP contribution in [-0.2, 0) is 10.8 Å². The van der Waals surface area contributed by atoms with Crippen LogP contribution in [0.25, 0.3) is 99.1 Å². The van der Waals surface area contributed by atoms with Crippen LogP contribution in [0, 0.1) is 0 Å². The molecule has 74 heavy (non-hydrogen) atoms. The van der Waals surface area contributed by atoms with Gasteiger partial charge in [-0.15, -0.1) is 0 Å². The fourth-order valence-electron chi connectivity index (χ4n) is 13.7. The maximum Gasteiger partial charge on any atom is 0.136 e. The Morgan fingerprint density at radius 2 is 0.743 bits per heavy atom. The monoisotopic (exact) mass is 941 g/mol. The van der Waals surface area contributed by atoms with Gasteiger partial charge in [0.2, 0.25) is 0 Å². The number of rotatable bonds is 5. The quantitative estimate of drug-likeness (QED) is 0.171. The van der Waals surface area contributed by atoms with Gasteiger partial charge in [0.1, 0.15) is 11.2 Å². The summed E-state index contributed by atoms with van der Waals surface area (Å²) >= 11 is 0. The van der Waals surface area contributed by atoms with E-state index < -0.39 is 5.41 Å². The molecule has 2 heteroatoms. The normalized spacial score (nSPS) is 14.0. The Bertz CT molecular complexity index is 4460. The molecule has 0 unspecified atom stereocenters. The van der Waals surface area contributed by atoms with Gasteiger partial charge in [0.25, 0.3) is 0 Å². The second-order valence-electron chi connectivity index (χ2n) is 21.1. The predicted molar refractivity (Wildman–Crippen MR) is 308 cm³/mol. The third-order valence-corrected chi connectivity index (χ3v) is 17.1. The van der Waals surface area contributed by atoms with Crippen LogP contribution in [0.4, 0.5) is 17.1 Å². The van der Waals surface area contributed by atoms with Gasteiger partial charge in [-0.3, -0.25) is 0 Å². The van der Waals surface area contributed by atoms with E-state index in [0.717, 1.165) is 55.5 Å². The van der Waals surface area contributed by atoms with Crippen LogP contribution < -0.4 is 4.90 Å². The van der Waals surface area contributed by atoms with Gasteiger partial charge in [-0.05, 0) is 154 Å². The van der Waals surface area contributed by atoms with Crippen molar-refractivity contribution in [2.75, 3.05) is 4.90 Å². The van der Waals surface area contributed by atoms with E-state index in [1.54, 1.807) is 0 Å².